The Balaban J connectivity index is 0.000000459. The van der Waals surface area contributed by atoms with E-state index < -0.39 is 15.6 Å². The molecule has 1 heterocycles. The molecular formula is C27H34F3N3O5S. The second kappa shape index (κ2) is 12.4. The van der Waals surface area contributed by atoms with Gasteiger partial charge in [-0.3, -0.25) is 0 Å². The lowest BCUT2D eigenvalue weighted by atomic mass is 9.86. The van der Waals surface area contributed by atoms with Gasteiger partial charge < -0.3 is 24.2 Å². The molecule has 8 nitrogen and oxygen atoms in total. The van der Waals surface area contributed by atoms with E-state index in [-0.39, 0.29) is 0 Å². The maximum absolute atomic E-state index is 10.7. The van der Waals surface area contributed by atoms with Crippen molar-refractivity contribution in [2.24, 2.45) is 7.05 Å². The van der Waals surface area contributed by atoms with E-state index in [9.17, 15) is 13.2 Å². The minimum Gasteiger partial charge on any atom is -0.741 e. The van der Waals surface area contributed by atoms with Crippen molar-refractivity contribution in [3.05, 3.63) is 47.5 Å². The molecule has 0 saturated heterocycles. The second-order valence-corrected chi connectivity index (χ2v) is 10.4. The number of likely N-dealkylation sites (N-methyl/N-ethyl adjacent to an activating group) is 1. The number of nitrogens with zero attached hydrogens (tertiary/aromatic N) is 2. The minimum atomic E-state index is -6.09. The molecule has 39 heavy (non-hydrogen) atoms. The smallest absolute Gasteiger partial charge is 0.485 e. The van der Waals surface area contributed by atoms with E-state index in [0.717, 1.165) is 50.5 Å². The number of pyridine rings is 1. The summed E-state index contributed by atoms with van der Waals surface area (Å²) in [5.74, 6) is 1.57. The third-order valence-electron chi connectivity index (χ3n) is 6.87. The van der Waals surface area contributed by atoms with Crippen LogP contribution in [0.25, 0.3) is 22.2 Å². The standard InChI is InChI=1S/C26H33N3O2.CHF3O3S/c1-6-29(7-2)15-14-27-25-19-10-8-9-11-22(19)28(3)26-20(25)13-12-18-16-23(30-4)24(31-5)17-21(18)26;2-1(3,4)8(5,6)7/h8-11,16-17H,6-7,12-15H2,1-5H3;(H,5,6,7). The molecule has 1 aliphatic rings. The summed E-state index contributed by atoms with van der Waals surface area (Å²) in [7, 11) is -0.513. The van der Waals surface area contributed by atoms with Crippen molar-refractivity contribution in [1.82, 2.24) is 4.90 Å². The first-order valence-corrected chi connectivity index (χ1v) is 14.0. The first-order valence-electron chi connectivity index (χ1n) is 12.5. The topological polar surface area (TPSA) is 94.8 Å². The molecule has 0 bridgehead atoms. The summed E-state index contributed by atoms with van der Waals surface area (Å²) in [6, 6.07) is 13.0. The van der Waals surface area contributed by atoms with Crippen LogP contribution < -0.4 is 19.4 Å². The number of hydrogen-bond acceptors (Lipinski definition) is 7. The summed E-state index contributed by atoms with van der Waals surface area (Å²) in [5, 5.41) is 5.10. The largest absolute Gasteiger partial charge is 0.741 e. The summed E-state index contributed by atoms with van der Waals surface area (Å²) in [6.07, 6.45) is 2.00. The predicted octanol–water partition coefficient (Wildman–Crippen LogP) is 4.25. The minimum absolute atomic E-state index is 0.776. The van der Waals surface area contributed by atoms with E-state index in [1.807, 2.05) is 0 Å². The van der Waals surface area contributed by atoms with Gasteiger partial charge in [-0.05, 0) is 49.7 Å². The number of aryl methyl sites for hydroxylation is 2. The highest BCUT2D eigenvalue weighted by molar-refractivity contribution is 7.86. The molecule has 0 aliphatic heterocycles. The summed E-state index contributed by atoms with van der Waals surface area (Å²) >= 11 is 0. The molecule has 3 aromatic rings. The molecule has 0 fully saturated rings. The average molecular weight is 570 g/mol. The highest BCUT2D eigenvalue weighted by Gasteiger charge is 2.37. The molecule has 12 heteroatoms. The maximum Gasteiger partial charge on any atom is 0.485 e. The third-order valence-corrected chi connectivity index (χ3v) is 7.44. The number of aromatic nitrogens is 1. The van der Waals surface area contributed by atoms with Crippen LogP contribution in [0.15, 0.2) is 36.4 Å². The van der Waals surface area contributed by atoms with Crippen molar-refractivity contribution >= 4 is 26.7 Å². The normalized spacial score (nSPS) is 12.9. The Morgan fingerprint density at radius 1 is 1.05 bits per heavy atom. The van der Waals surface area contributed by atoms with Crippen molar-refractivity contribution in [3.63, 3.8) is 0 Å². The fourth-order valence-electron chi connectivity index (χ4n) is 4.86. The number of alkyl halides is 3. The van der Waals surface area contributed by atoms with Crippen LogP contribution in [-0.4, -0.2) is 63.8 Å². The first-order chi connectivity index (χ1) is 18.4. The maximum atomic E-state index is 10.7. The van der Waals surface area contributed by atoms with Crippen molar-refractivity contribution in [1.29, 1.82) is 0 Å². The van der Waals surface area contributed by atoms with Crippen LogP contribution in [0.5, 0.6) is 11.5 Å². The second-order valence-electron chi connectivity index (χ2n) is 9.00. The number of fused-ring (bicyclic) bond motifs is 4. The van der Waals surface area contributed by atoms with Gasteiger partial charge in [-0.25, -0.2) is 8.42 Å². The first kappa shape index (κ1) is 30.5. The molecule has 1 aromatic heterocycles. The van der Waals surface area contributed by atoms with Gasteiger partial charge in [-0.2, -0.15) is 17.7 Å². The van der Waals surface area contributed by atoms with E-state index in [4.69, 9.17) is 22.4 Å². The Kier molecular flexibility index (Phi) is 9.68. The van der Waals surface area contributed by atoms with E-state index in [1.165, 1.54) is 39.0 Å². The lowest BCUT2D eigenvalue weighted by Gasteiger charge is -2.24. The Morgan fingerprint density at radius 2 is 1.64 bits per heavy atom. The van der Waals surface area contributed by atoms with Crippen LogP contribution in [0.2, 0.25) is 0 Å². The molecule has 4 rings (SSSR count). The van der Waals surface area contributed by atoms with Gasteiger partial charge in [0.2, 0.25) is 11.2 Å². The molecular weight excluding hydrogens is 535 g/mol. The van der Waals surface area contributed by atoms with Crippen LogP contribution in [-0.2, 0) is 30.0 Å². The quantitative estimate of drug-likeness (QED) is 0.246. The van der Waals surface area contributed by atoms with Crippen molar-refractivity contribution in [2.75, 3.05) is 45.7 Å². The van der Waals surface area contributed by atoms with Gasteiger partial charge in [-0.1, -0.05) is 26.0 Å². The van der Waals surface area contributed by atoms with Crippen LogP contribution in [0.3, 0.4) is 0 Å². The summed E-state index contributed by atoms with van der Waals surface area (Å²) in [5.41, 5.74) is 2.06. The van der Waals surface area contributed by atoms with Gasteiger partial charge in [0, 0.05) is 24.7 Å². The number of nitrogens with one attached hydrogen (secondary N) is 1. The van der Waals surface area contributed by atoms with Crippen LogP contribution in [0.4, 0.5) is 18.9 Å². The fraction of sp³-hybridized carbons (Fsp3) is 0.444. The predicted molar refractivity (Wildman–Crippen MR) is 143 cm³/mol. The van der Waals surface area contributed by atoms with Gasteiger partial charge in [-0.15, -0.1) is 0 Å². The molecule has 2 aromatic carbocycles. The molecule has 0 radical (unpaired) electrons. The zero-order chi connectivity index (χ0) is 29.0. The number of anilines is 1. The lowest BCUT2D eigenvalue weighted by Crippen LogP contribution is -2.36. The Labute approximate surface area is 227 Å². The Bertz CT molecular complexity index is 1420. The number of hydrogen-bond donors (Lipinski definition) is 1. The number of rotatable bonds is 8. The monoisotopic (exact) mass is 569 g/mol. The van der Waals surface area contributed by atoms with E-state index >= 15 is 0 Å². The van der Waals surface area contributed by atoms with E-state index in [2.05, 4.69) is 72.1 Å². The molecule has 0 saturated carbocycles. The van der Waals surface area contributed by atoms with E-state index in [1.54, 1.807) is 14.2 Å². The van der Waals surface area contributed by atoms with Crippen molar-refractivity contribution < 1.29 is 40.2 Å². The fourth-order valence-corrected chi connectivity index (χ4v) is 4.86. The number of methoxy groups -OCH3 is 2. The summed E-state index contributed by atoms with van der Waals surface area (Å²) in [6.45, 7) is 8.58. The zero-order valence-corrected chi connectivity index (χ0v) is 23.5. The number of para-hydroxylation sites is 1. The molecule has 0 atom stereocenters. The van der Waals surface area contributed by atoms with Crippen LogP contribution >= 0.6 is 0 Å². The number of ether oxygens (including phenoxy) is 2. The van der Waals surface area contributed by atoms with Crippen molar-refractivity contribution in [3.8, 4) is 22.8 Å². The SMILES string of the molecule is CCN(CC)CCNc1c2c([n+](C)c3ccccc13)-c1cc(OC)c(OC)cc1CC2.O=S(=O)([O-])C(F)(F)F. The van der Waals surface area contributed by atoms with Crippen LogP contribution in [0, 0.1) is 0 Å². The molecule has 1 N–H and O–H groups in total. The summed E-state index contributed by atoms with van der Waals surface area (Å²) < 4.78 is 72.4. The van der Waals surface area contributed by atoms with Gasteiger partial charge >= 0.3 is 5.51 Å². The zero-order valence-electron chi connectivity index (χ0n) is 22.7. The summed E-state index contributed by atoms with van der Waals surface area (Å²) in [4.78, 5) is 2.46. The molecule has 214 valence electrons. The Morgan fingerprint density at radius 3 is 2.21 bits per heavy atom. The number of benzene rings is 2. The Hall–Kier alpha value is -3.09. The van der Waals surface area contributed by atoms with Crippen molar-refractivity contribution in [2.45, 2.75) is 32.2 Å². The van der Waals surface area contributed by atoms with E-state index in [0.29, 0.717) is 0 Å². The third kappa shape index (κ3) is 6.56. The van der Waals surface area contributed by atoms with Gasteiger partial charge in [0.25, 0.3) is 0 Å². The molecule has 0 spiro atoms. The molecule has 0 amide bonds. The number of halogens is 3. The van der Waals surface area contributed by atoms with Gasteiger partial charge in [0.05, 0.1) is 30.9 Å². The van der Waals surface area contributed by atoms with Gasteiger partial charge in [0.1, 0.15) is 7.05 Å². The molecule has 1 aliphatic carbocycles. The van der Waals surface area contributed by atoms with Crippen LogP contribution in [0.1, 0.15) is 25.0 Å². The lowest BCUT2D eigenvalue weighted by molar-refractivity contribution is -0.634. The highest BCUT2D eigenvalue weighted by Crippen LogP contribution is 2.42. The van der Waals surface area contributed by atoms with Gasteiger partial charge in [0.15, 0.2) is 21.6 Å². The highest BCUT2D eigenvalue weighted by atomic mass is 32.2. The average Bonchev–Trinajstić information content (AvgIpc) is 2.90. The molecule has 0 unspecified atom stereocenters.